The van der Waals surface area contributed by atoms with Gasteiger partial charge in [0.25, 0.3) is 0 Å². The van der Waals surface area contributed by atoms with Gasteiger partial charge in [-0.15, -0.1) is 0 Å². The standard InChI is InChI=1S/C17H22ClN5O/c1-10-6-12(13(18)8-14(10)19)15-9-24-5-3-4-23(15)16-7-11(2)21-17(20)22-16/h6-8,15H,3-5,9,19H2,1-2H3,(H2,20,21,22)/t15-/m1/s1. The first-order valence-electron chi connectivity index (χ1n) is 7.97. The molecule has 1 aromatic heterocycles. The molecule has 24 heavy (non-hydrogen) atoms. The van der Waals surface area contributed by atoms with Crippen molar-refractivity contribution in [3.63, 3.8) is 0 Å². The highest BCUT2D eigenvalue weighted by Gasteiger charge is 2.27. The molecule has 128 valence electrons. The van der Waals surface area contributed by atoms with E-state index >= 15 is 0 Å². The van der Waals surface area contributed by atoms with Crippen LogP contribution in [-0.4, -0.2) is 29.7 Å². The molecule has 1 aliphatic heterocycles. The maximum absolute atomic E-state index is 6.48. The van der Waals surface area contributed by atoms with Crippen molar-refractivity contribution in [3.8, 4) is 0 Å². The Morgan fingerprint density at radius 1 is 1.21 bits per heavy atom. The second-order valence-electron chi connectivity index (χ2n) is 6.09. The minimum atomic E-state index is -0.0481. The van der Waals surface area contributed by atoms with Crippen LogP contribution in [0.3, 0.4) is 0 Å². The number of rotatable bonds is 2. The summed E-state index contributed by atoms with van der Waals surface area (Å²) < 4.78 is 5.79. The number of nitrogens with zero attached hydrogens (tertiary/aromatic N) is 3. The van der Waals surface area contributed by atoms with Gasteiger partial charge in [-0.05, 0) is 37.5 Å². The summed E-state index contributed by atoms with van der Waals surface area (Å²) in [5.41, 5.74) is 15.3. The van der Waals surface area contributed by atoms with E-state index in [0.29, 0.717) is 23.9 Å². The van der Waals surface area contributed by atoms with Gasteiger partial charge in [0, 0.05) is 35.6 Å². The predicted octanol–water partition coefficient (Wildman–Crippen LogP) is 2.88. The predicted molar refractivity (Wildman–Crippen MR) is 97.3 cm³/mol. The fourth-order valence-electron chi connectivity index (χ4n) is 3.01. The van der Waals surface area contributed by atoms with Crippen molar-refractivity contribution in [1.29, 1.82) is 0 Å². The molecule has 0 bridgehead atoms. The highest BCUT2D eigenvalue weighted by molar-refractivity contribution is 6.31. The van der Waals surface area contributed by atoms with E-state index in [1.807, 2.05) is 26.0 Å². The van der Waals surface area contributed by atoms with Gasteiger partial charge < -0.3 is 21.1 Å². The number of anilines is 3. The highest BCUT2D eigenvalue weighted by Crippen LogP contribution is 2.35. The molecule has 0 aliphatic carbocycles. The fraction of sp³-hybridized carbons (Fsp3) is 0.412. The van der Waals surface area contributed by atoms with Crippen LogP contribution < -0.4 is 16.4 Å². The second kappa shape index (κ2) is 6.83. The van der Waals surface area contributed by atoms with Crippen molar-refractivity contribution in [2.45, 2.75) is 26.3 Å². The fourth-order valence-corrected chi connectivity index (χ4v) is 3.30. The quantitative estimate of drug-likeness (QED) is 0.812. The summed E-state index contributed by atoms with van der Waals surface area (Å²) in [5, 5.41) is 0.636. The van der Waals surface area contributed by atoms with Crippen molar-refractivity contribution >= 4 is 29.1 Å². The number of nitrogens with two attached hydrogens (primary N) is 2. The lowest BCUT2D eigenvalue weighted by atomic mass is 10.0. The van der Waals surface area contributed by atoms with E-state index in [2.05, 4.69) is 14.9 Å². The monoisotopic (exact) mass is 347 g/mol. The van der Waals surface area contributed by atoms with Crippen molar-refractivity contribution in [1.82, 2.24) is 9.97 Å². The maximum Gasteiger partial charge on any atom is 0.222 e. The van der Waals surface area contributed by atoms with Crippen molar-refractivity contribution in [3.05, 3.63) is 40.0 Å². The molecule has 4 N–H and O–H groups in total. The third-order valence-electron chi connectivity index (χ3n) is 4.24. The van der Waals surface area contributed by atoms with Crippen LogP contribution in [0.5, 0.6) is 0 Å². The summed E-state index contributed by atoms with van der Waals surface area (Å²) >= 11 is 6.48. The van der Waals surface area contributed by atoms with Crippen LogP contribution in [0.2, 0.25) is 5.02 Å². The molecule has 1 aromatic carbocycles. The second-order valence-corrected chi connectivity index (χ2v) is 6.50. The van der Waals surface area contributed by atoms with Crippen LogP contribution in [0.15, 0.2) is 18.2 Å². The van der Waals surface area contributed by atoms with E-state index in [9.17, 15) is 0 Å². The van der Waals surface area contributed by atoms with Gasteiger partial charge >= 0.3 is 0 Å². The lowest BCUT2D eigenvalue weighted by Crippen LogP contribution is -2.32. The Morgan fingerprint density at radius 2 is 2.00 bits per heavy atom. The topological polar surface area (TPSA) is 90.3 Å². The van der Waals surface area contributed by atoms with Crippen LogP contribution in [0.4, 0.5) is 17.5 Å². The summed E-state index contributed by atoms with van der Waals surface area (Å²) in [6, 6.07) is 5.72. The first-order valence-corrected chi connectivity index (χ1v) is 8.34. The molecule has 0 spiro atoms. The number of halogens is 1. The Kier molecular flexibility index (Phi) is 4.78. The molecule has 0 amide bonds. The van der Waals surface area contributed by atoms with E-state index in [-0.39, 0.29) is 12.0 Å². The minimum Gasteiger partial charge on any atom is -0.398 e. The lowest BCUT2D eigenvalue weighted by molar-refractivity contribution is 0.134. The van der Waals surface area contributed by atoms with Crippen LogP contribution >= 0.6 is 11.6 Å². The third-order valence-corrected chi connectivity index (χ3v) is 4.56. The summed E-state index contributed by atoms with van der Waals surface area (Å²) in [7, 11) is 0. The largest absolute Gasteiger partial charge is 0.398 e. The molecule has 1 saturated heterocycles. The smallest absolute Gasteiger partial charge is 0.222 e. The van der Waals surface area contributed by atoms with E-state index in [0.717, 1.165) is 35.6 Å². The first kappa shape index (κ1) is 16.8. The molecular weight excluding hydrogens is 326 g/mol. The molecule has 3 rings (SSSR count). The maximum atomic E-state index is 6.48. The normalized spacial score (nSPS) is 18.5. The minimum absolute atomic E-state index is 0.0481. The van der Waals surface area contributed by atoms with Gasteiger partial charge in [0.2, 0.25) is 5.95 Å². The van der Waals surface area contributed by atoms with E-state index in [1.165, 1.54) is 0 Å². The zero-order valence-electron chi connectivity index (χ0n) is 13.9. The number of aryl methyl sites for hydroxylation is 2. The number of nitrogen functional groups attached to an aromatic ring is 2. The number of hydrogen-bond acceptors (Lipinski definition) is 6. The van der Waals surface area contributed by atoms with E-state index in [1.54, 1.807) is 6.07 Å². The number of ether oxygens (including phenoxy) is 1. The number of benzene rings is 1. The van der Waals surface area contributed by atoms with Gasteiger partial charge in [0.15, 0.2) is 0 Å². The molecule has 1 fully saturated rings. The Balaban J connectivity index is 2.06. The molecule has 2 heterocycles. The Hall–Kier alpha value is -2.05. The van der Waals surface area contributed by atoms with Crippen LogP contribution in [0.25, 0.3) is 0 Å². The highest BCUT2D eigenvalue weighted by atomic mass is 35.5. The van der Waals surface area contributed by atoms with Gasteiger partial charge in [0.05, 0.1) is 12.6 Å². The average molecular weight is 348 g/mol. The van der Waals surface area contributed by atoms with Crippen LogP contribution in [0, 0.1) is 13.8 Å². The van der Waals surface area contributed by atoms with E-state index in [4.69, 9.17) is 27.8 Å². The van der Waals surface area contributed by atoms with Crippen molar-refractivity contribution in [2.24, 2.45) is 0 Å². The van der Waals surface area contributed by atoms with Gasteiger partial charge in [-0.1, -0.05) is 17.7 Å². The Morgan fingerprint density at radius 3 is 2.75 bits per heavy atom. The molecule has 1 atom stereocenters. The molecule has 7 heteroatoms. The van der Waals surface area contributed by atoms with Crippen LogP contribution in [-0.2, 0) is 4.74 Å². The Labute approximate surface area is 146 Å². The SMILES string of the molecule is Cc1cc(N2CCCOC[C@@H]2c2cc(C)c(N)cc2Cl)nc(N)n1. The van der Waals surface area contributed by atoms with Crippen LogP contribution in [0.1, 0.15) is 29.3 Å². The zero-order valence-corrected chi connectivity index (χ0v) is 14.7. The third kappa shape index (κ3) is 3.39. The van der Waals surface area contributed by atoms with Gasteiger partial charge in [-0.3, -0.25) is 0 Å². The molecule has 2 aromatic rings. The molecule has 0 radical (unpaired) electrons. The van der Waals surface area contributed by atoms with Gasteiger partial charge in [-0.2, -0.15) is 4.98 Å². The summed E-state index contributed by atoms with van der Waals surface area (Å²) in [4.78, 5) is 10.8. The number of aromatic nitrogens is 2. The Bertz CT molecular complexity index is 732. The van der Waals surface area contributed by atoms with Crippen molar-refractivity contribution < 1.29 is 4.74 Å². The zero-order chi connectivity index (χ0) is 17.3. The lowest BCUT2D eigenvalue weighted by Gasteiger charge is -2.31. The molecular formula is C17H22ClN5O. The summed E-state index contributed by atoms with van der Waals surface area (Å²) in [6.07, 6.45) is 0.908. The molecule has 1 aliphatic rings. The molecule has 0 unspecified atom stereocenters. The number of hydrogen-bond donors (Lipinski definition) is 2. The van der Waals surface area contributed by atoms with E-state index < -0.39 is 0 Å². The van der Waals surface area contributed by atoms with Gasteiger partial charge in [0.1, 0.15) is 5.82 Å². The van der Waals surface area contributed by atoms with Crippen molar-refractivity contribution in [2.75, 3.05) is 36.1 Å². The molecule has 6 nitrogen and oxygen atoms in total. The molecule has 0 saturated carbocycles. The average Bonchev–Trinajstić information content (AvgIpc) is 2.75. The first-order chi connectivity index (χ1) is 11.5. The summed E-state index contributed by atoms with van der Waals surface area (Å²) in [6.45, 7) is 5.93. The van der Waals surface area contributed by atoms with Gasteiger partial charge in [-0.25, -0.2) is 4.98 Å². The summed E-state index contributed by atoms with van der Waals surface area (Å²) in [5.74, 6) is 1.06.